The first-order valence-corrected chi connectivity index (χ1v) is 5.61. The number of Topliss-reactive ketones (excluding diaryl/α,β-unsaturated/α-hetero) is 1. The number of carboxylic acid groups (broad SMARTS) is 1. The maximum Gasteiger partial charge on any atom is 0.377 e. The van der Waals surface area contributed by atoms with Crippen molar-refractivity contribution in [1.29, 1.82) is 0 Å². The van der Waals surface area contributed by atoms with Gasteiger partial charge >= 0.3 is 5.97 Å². The van der Waals surface area contributed by atoms with Gasteiger partial charge in [0.1, 0.15) is 5.83 Å². The Hall–Kier alpha value is -3.23. The molecule has 2 aromatic rings. The summed E-state index contributed by atoms with van der Waals surface area (Å²) in [7, 11) is 0. The van der Waals surface area contributed by atoms with Crippen LogP contribution in [0, 0.1) is 0 Å². The Kier molecular flexibility index (Phi) is 3.65. The Balaban J connectivity index is 2.89. The highest BCUT2D eigenvalue weighted by atomic mass is 19.1. The van der Waals surface area contributed by atoms with Crippen LogP contribution in [0.15, 0.2) is 31.2 Å². The Morgan fingerprint density at radius 3 is 2.76 bits per heavy atom. The van der Waals surface area contributed by atoms with Gasteiger partial charge in [0.15, 0.2) is 5.82 Å². The molecule has 2 heterocycles. The maximum atomic E-state index is 14.0. The minimum Gasteiger partial charge on any atom is -0.475 e. The molecule has 108 valence electrons. The molecule has 2 aromatic heterocycles. The largest absolute Gasteiger partial charge is 0.475 e. The van der Waals surface area contributed by atoms with E-state index in [1.54, 1.807) is 0 Å². The van der Waals surface area contributed by atoms with E-state index >= 15 is 0 Å². The van der Waals surface area contributed by atoms with Gasteiger partial charge in [-0.05, 0) is 6.08 Å². The van der Waals surface area contributed by atoms with Crippen molar-refractivity contribution < 1.29 is 19.1 Å². The summed E-state index contributed by atoms with van der Waals surface area (Å²) in [6.45, 7) is 3.26. The smallest absolute Gasteiger partial charge is 0.377 e. The van der Waals surface area contributed by atoms with Gasteiger partial charge in [0.25, 0.3) is 5.78 Å². The predicted molar refractivity (Wildman–Crippen MR) is 69.7 cm³/mol. The summed E-state index contributed by atoms with van der Waals surface area (Å²) in [4.78, 5) is 24.9. The van der Waals surface area contributed by atoms with Gasteiger partial charge in [-0.3, -0.25) is 4.79 Å². The fourth-order valence-corrected chi connectivity index (χ4v) is 1.72. The number of rotatable bonds is 4. The standard InChI is InChI=1S/C12H10FN5O3/c1-2-7(13)8-6(10(19)12(20)21)5-15-9(8)11(14)18-4-3-16-17-18/h2-5,15H,1,14H2,(H,20,21)/b8-7+,11-9-. The van der Waals surface area contributed by atoms with Crippen molar-refractivity contribution in [2.45, 2.75) is 0 Å². The number of carboxylic acids is 1. The molecule has 0 unspecified atom stereocenters. The molecule has 0 saturated heterocycles. The van der Waals surface area contributed by atoms with Crippen LogP contribution in [-0.2, 0) is 4.79 Å². The van der Waals surface area contributed by atoms with Crippen LogP contribution >= 0.6 is 0 Å². The van der Waals surface area contributed by atoms with Gasteiger partial charge in [-0.25, -0.2) is 13.9 Å². The normalized spacial score (nSPS) is 13.6. The first kappa shape index (κ1) is 14.2. The van der Waals surface area contributed by atoms with Crippen molar-refractivity contribution in [2.24, 2.45) is 5.73 Å². The third-order valence-electron chi connectivity index (χ3n) is 2.66. The summed E-state index contributed by atoms with van der Waals surface area (Å²) in [5.41, 5.74) is 5.45. The van der Waals surface area contributed by atoms with Gasteiger partial charge in [0.2, 0.25) is 0 Å². The number of aromatic nitrogens is 4. The number of hydrogen-bond donors (Lipinski definition) is 3. The van der Waals surface area contributed by atoms with Crippen molar-refractivity contribution in [3.8, 4) is 0 Å². The monoisotopic (exact) mass is 291 g/mol. The maximum absolute atomic E-state index is 14.0. The lowest BCUT2D eigenvalue weighted by atomic mass is 10.1. The van der Waals surface area contributed by atoms with Crippen LogP contribution in [0.3, 0.4) is 0 Å². The van der Waals surface area contributed by atoms with E-state index in [1.165, 1.54) is 12.4 Å². The number of nitrogens with one attached hydrogen (secondary N) is 1. The third kappa shape index (κ3) is 2.43. The van der Waals surface area contributed by atoms with Gasteiger partial charge in [0.05, 0.1) is 28.5 Å². The fraction of sp³-hybridized carbons (Fsp3) is 0. The van der Waals surface area contributed by atoms with Crippen molar-refractivity contribution in [2.75, 3.05) is 0 Å². The predicted octanol–water partition coefficient (Wildman–Crippen LogP) is -1.29. The summed E-state index contributed by atoms with van der Waals surface area (Å²) < 4.78 is 15.1. The molecule has 0 atom stereocenters. The van der Waals surface area contributed by atoms with Gasteiger partial charge in [-0.1, -0.05) is 11.8 Å². The van der Waals surface area contributed by atoms with Crippen LogP contribution in [0.2, 0.25) is 0 Å². The number of allylic oxidation sites excluding steroid dienone is 1. The quantitative estimate of drug-likeness (QED) is 0.475. The molecule has 21 heavy (non-hydrogen) atoms. The number of H-pyrrole nitrogens is 1. The molecule has 0 saturated carbocycles. The van der Waals surface area contributed by atoms with E-state index in [1.807, 2.05) is 0 Å². The molecule has 0 radical (unpaired) electrons. The number of halogens is 1. The second-order valence-electron chi connectivity index (χ2n) is 3.87. The molecule has 4 N–H and O–H groups in total. The van der Waals surface area contributed by atoms with Crippen LogP contribution in [0.5, 0.6) is 0 Å². The average Bonchev–Trinajstić information content (AvgIpc) is 3.13. The van der Waals surface area contributed by atoms with Crippen molar-refractivity contribution in [1.82, 2.24) is 20.0 Å². The van der Waals surface area contributed by atoms with Gasteiger partial charge in [-0.2, -0.15) is 0 Å². The number of carbonyl (C=O) groups is 2. The lowest BCUT2D eigenvalue weighted by Crippen LogP contribution is -2.36. The first-order chi connectivity index (χ1) is 9.97. The van der Waals surface area contributed by atoms with E-state index < -0.39 is 17.6 Å². The molecular weight excluding hydrogens is 281 g/mol. The number of hydrogen-bond acceptors (Lipinski definition) is 5. The number of ketones is 1. The highest BCUT2D eigenvalue weighted by molar-refractivity contribution is 6.39. The Bertz CT molecular complexity index is 835. The van der Waals surface area contributed by atoms with Crippen LogP contribution < -0.4 is 16.3 Å². The number of carbonyl (C=O) groups excluding carboxylic acids is 1. The molecule has 0 aliphatic heterocycles. The third-order valence-corrected chi connectivity index (χ3v) is 2.66. The van der Waals surface area contributed by atoms with Gasteiger partial charge in [-0.15, -0.1) is 5.10 Å². The molecule has 9 heteroatoms. The molecule has 2 rings (SSSR count). The molecule has 8 nitrogen and oxygen atoms in total. The van der Waals surface area contributed by atoms with Gasteiger partial charge < -0.3 is 15.8 Å². The van der Waals surface area contributed by atoms with E-state index in [-0.39, 0.29) is 22.0 Å². The topological polar surface area (TPSA) is 127 Å². The zero-order chi connectivity index (χ0) is 15.6. The Morgan fingerprint density at radius 2 is 2.24 bits per heavy atom. The zero-order valence-electron chi connectivity index (χ0n) is 10.6. The summed E-state index contributed by atoms with van der Waals surface area (Å²) in [5.74, 6) is -3.92. The second-order valence-corrected chi connectivity index (χ2v) is 3.87. The summed E-state index contributed by atoms with van der Waals surface area (Å²) in [6, 6.07) is 0. The average molecular weight is 291 g/mol. The molecule has 0 fully saturated rings. The van der Waals surface area contributed by atoms with Crippen molar-refractivity contribution in [3.63, 3.8) is 0 Å². The zero-order valence-corrected chi connectivity index (χ0v) is 10.6. The van der Waals surface area contributed by atoms with Crippen LogP contribution in [0.1, 0.15) is 10.4 Å². The van der Waals surface area contributed by atoms with Crippen molar-refractivity contribution >= 4 is 23.4 Å². The minimum atomic E-state index is -1.71. The highest BCUT2D eigenvalue weighted by Gasteiger charge is 2.20. The van der Waals surface area contributed by atoms with Crippen molar-refractivity contribution in [3.05, 3.63) is 47.4 Å². The summed E-state index contributed by atoms with van der Waals surface area (Å²) >= 11 is 0. The lowest BCUT2D eigenvalue weighted by Gasteiger charge is -1.98. The first-order valence-electron chi connectivity index (χ1n) is 5.61. The van der Waals surface area contributed by atoms with Crippen LogP contribution in [0.4, 0.5) is 4.39 Å². The number of nitrogens with two attached hydrogens (primary N) is 1. The Morgan fingerprint density at radius 1 is 1.52 bits per heavy atom. The fourth-order valence-electron chi connectivity index (χ4n) is 1.72. The van der Waals surface area contributed by atoms with E-state index in [4.69, 9.17) is 10.8 Å². The van der Waals surface area contributed by atoms with Crippen LogP contribution in [-0.4, -0.2) is 36.8 Å². The van der Waals surface area contributed by atoms with E-state index in [2.05, 4.69) is 21.9 Å². The molecule has 0 aliphatic rings. The summed E-state index contributed by atoms with van der Waals surface area (Å²) in [5, 5.41) is 15.7. The molecule has 0 bridgehead atoms. The SMILES string of the molecule is C=C/C(F)=c1/c(C(=O)C(=O)O)c[nH]/c1=C(/N)n1ccnn1. The molecular formula is C12H10FN5O3. The van der Waals surface area contributed by atoms with E-state index in [9.17, 15) is 14.0 Å². The summed E-state index contributed by atoms with van der Waals surface area (Å²) in [6.07, 6.45) is 4.67. The molecule has 0 spiro atoms. The second kappa shape index (κ2) is 5.41. The Labute approximate surface area is 116 Å². The highest BCUT2D eigenvalue weighted by Crippen LogP contribution is 1.99. The number of nitrogens with zero attached hydrogens (tertiary/aromatic N) is 3. The van der Waals surface area contributed by atoms with E-state index in [0.29, 0.717) is 0 Å². The van der Waals surface area contributed by atoms with Crippen LogP contribution in [0.25, 0.3) is 11.6 Å². The van der Waals surface area contributed by atoms with E-state index in [0.717, 1.165) is 17.0 Å². The van der Waals surface area contributed by atoms with Gasteiger partial charge in [0, 0.05) is 6.20 Å². The molecule has 0 amide bonds. The minimum absolute atomic E-state index is 0.00231. The number of aliphatic carboxylic acids is 1. The molecule has 0 aromatic carbocycles. The number of aromatic amines is 1. The lowest BCUT2D eigenvalue weighted by molar-refractivity contribution is -0.131. The molecule has 0 aliphatic carbocycles.